The normalized spacial score (nSPS) is 22.3. The first-order valence-corrected chi connectivity index (χ1v) is 9.61. The van der Waals surface area contributed by atoms with Gasteiger partial charge in [0, 0.05) is 34.2 Å². The maximum Gasteiger partial charge on any atom is 0.269 e. The zero-order valence-electron chi connectivity index (χ0n) is 13.1. The third kappa shape index (κ3) is 2.63. The van der Waals surface area contributed by atoms with E-state index in [4.69, 9.17) is 0 Å². The van der Waals surface area contributed by atoms with Crippen LogP contribution in [-0.2, 0) is 9.84 Å². The summed E-state index contributed by atoms with van der Waals surface area (Å²) in [4.78, 5) is 14.7. The van der Waals surface area contributed by atoms with Gasteiger partial charge in [-0.3, -0.25) is 15.1 Å². The van der Waals surface area contributed by atoms with Crippen molar-refractivity contribution in [1.29, 1.82) is 0 Å². The molecular formula is C16H15BrN2O4S. The SMILES string of the molecule is CC1(C)C2=CC(Br)=CCC2=NC1S(=O)(=O)c1ccc([N+](=O)[O-])cc1. The second-order valence-corrected chi connectivity index (χ2v) is 9.22. The Bertz CT molecular complexity index is 912. The number of non-ortho nitro benzene ring substituents is 1. The molecule has 0 bridgehead atoms. The van der Waals surface area contributed by atoms with Crippen LogP contribution < -0.4 is 0 Å². The zero-order chi connectivity index (χ0) is 17.7. The lowest BCUT2D eigenvalue weighted by molar-refractivity contribution is -0.384. The van der Waals surface area contributed by atoms with E-state index in [1.165, 1.54) is 24.3 Å². The highest BCUT2D eigenvalue weighted by Crippen LogP contribution is 2.46. The predicted octanol–water partition coefficient (Wildman–Crippen LogP) is 3.78. The van der Waals surface area contributed by atoms with Gasteiger partial charge < -0.3 is 0 Å². The highest BCUT2D eigenvalue weighted by Gasteiger charge is 2.48. The Morgan fingerprint density at radius 2 is 1.92 bits per heavy atom. The van der Waals surface area contributed by atoms with Gasteiger partial charge in [0.1, 0.15) is 0 Å². The van der Waals surface area contributed by atoms with E-state index >= 15 is 0 Å². The molecule has 1 aromatic rings. The Morgan fingerprint density at radius 3 is 2.50 bits per heavy atom. The minimum Gasteiger partial charge on any atom is -0.268 e. The Morgan fingerprint density at radius 1 is 1.29 bits per heavy atom. The van der Waals surface area contributed by atoms with E-state index in [0.29, 0.717) is 6.42 Å². The number of nitro benzene ring substituents is 1. The molecular weight excluding hydrogens is 396 g/mol. The molecule has 1 heterocycles. The number of sulfone groups is 1. The molecule has 24 heavy (non-hydrogen) atoms. The monoisotopic (exact) mass is 410 g/mol. The first-order valence-electron chi connectivity index (χ1n) is 7.27. The van der Waals surface area contributed by atoms with Gasteiger partial charge in [-0.15, -0.1) is 0 Å². The van der Waals surface area contributed by atoms with Crippen molar-refractivity contribution in [2.24, 2.45) is 10.4 Å². The number of benzene rings is 1. The number of nitro groups is 1. The second-order valence-electron chi connectivity index (χ2n) is 6.30. The van der Waals surface area contributed by atoms with Gasteiger partial charge in [-0.05, 0) is 23.8 Å². The Kier molecular flexibility index (Phi) is 4.00. The summed E-state index contributed by atoms with van der Waals surface area (Å²) < 4.78 is 27.0. The lowest BCUT2D eigenvalue weighted by Crippen LogP contribution is -2.33. The first kappa shape index (κ1) is 17.0. The van der Waals surface area contributed by atoms with E-state index in [1.807, 2.05) is 26.0 Å². The smallest absolute Gasteiger partial charge is 0.268 e. The van der Waals surface area contributed by atoms with Crippen LogP contribution in [0.15, 0.2) is 56.4 Å². The van der Waals surface area contributed by atoms with Crippen LogP contribution in [0.4, 0.5) is 5.69 Å². The van der Waals surface area contributed by atoms with Gasteiger partial charge in [-0.25, -0.2) is 8.42 Å². The van der Waals surface area contributed by atoms with Gasteiger partial charge >= 0.3 is 0 Å². The van der Waals surface area contributed by atoms with Crippen molar-refractivity contribution in [3.05, 3.63) is 56.6 Å². The molecule has 1 unspecified atom stereocenters. The van der Waals surface area contributed by atoms with Crippen LogP contribution in [0.2, 0.25) is 0 Å². The fourth-order valence-electron chi connectivity index (χ4n) is 3.04. The number of nitrogens with zero attached hydrogens (tertiary/aromatic N) is 2. The molecule has 0 fully saturated rings. The molecule has 1 aliphatic heterocycles. The van der Waals surface area contributed by atoms with Crippen LogP contribution in [0.25, 0.3) is 0 Å². The van der Waals surface area contributed by atoms with Crippen LogP contribution in [0.5, 0.6) is 0 Å². The molecule has 0 saturated carbocycles. The van der Waals surface area contributed by atoms with Gasteiger partial charge in [-0.2, -0.15) is 0 Å². The Labute approximate surface area is 148 Å². The molecule has 0 radical (unpaired) electrons. The van der Waals surface area contributed by atoms with E-state index in [0.717, 1.165) is 15.8 Å². The number of fused-ring (bicyclic) bond motifs is 1. The van der Waals surface area contributed by atoms with Crippen molar-refractivity contribution in [3.63, 3.8) is 0 Å². The van der Waals surface area contributed by atoms with E-state index < -0.39 is 25.5 Å². The fourth-order valence-corrected chi connectivity index (χ4v) is 5.38. The van der Waals surface area contributed by atoms with Crippen molar-refractivity contribution in [2.75, 3.05) is 0 Å². The summed E-state index contributed by atoms with van der Waals surface area (Å²) in [5.74, 6) is 0. The molecule has 1 atom stereocenters. The van der Waals surface area contributed by atoms with Crippen LogP contribution >= 0.6 is 15.9 Å². The molecule has 8 heteroatoms. The summed E-state index contributed by atoms with van der Waals surface area (Å²) in [5.41, 5.74) is 0.866. The molecule has 6 nitrogen and oxygen atoms in total. The molecule has 126 valence electrons. The molecule has 0 amide bonds. The molecule has 1 aliphatic carbocycles. The molecule has 2 aliphatic rings. The topological polar surface area (TPSA) is 89.6 Å². The largest absolute Gasteiger partial charge is 0.269 e. The minimum absolute atomic E-state index is 0.0433. The standard InChI is InChI=1S/C16H15BrN2O4S/c1-16(2)13-9-10(17)3-8-14(13)18-15(16)24(22,23)12-6-4-11(5-7-12)19(20)21/h3-7,9,15H,8H2,1-2H3. The van der Waals surface area contributed by atoms with E-state index in [-0.39, 0.29) is 10.6 Å². The number of aliphatic imine (C=N–C) groups is 1. The Hall–Kier alpha value is -1.80. The molecule has 0 saturated heterocycles. The number of hydrogen-bond acceptors (Lipinski definition) is 5. The molecule has 0 spiro atoms. The van der Waals surface area contributed by atoms with Crippen LogP contribution in [-0.4, -0.2) is 24.4 Å². The van der Waals surface area contributed by atoms with Crippen molar-refractivity contribution in [1.82, 2.24) is 0 Å². The van der Waals surface area contributed by atoms with Crippen LogP contribution in [0.1, 0.15) is 20.3 Å². The number of rotatable bonds is 3. The highest BCUT2D eigenvalue weighted by molar-refractivity contribution is 9.11. The molecule has 1 aromatic carbocycles. The molecule has 0 N–H and O–H groups in total. The summed E-state index contributed by atoms with van der Waals surface area (Å²) in [6.07, 6.45) is 4.44. The highest BCUT2D eigenvalue weighted by atomic mass is 79.9. The second kappa shape index (κ2) is 5.63. The van der Waals surface area contributed by atoms with Crippen LogP contribution in [0.3, 0.4) is 0 Å². The van der Waals surface area contributed by atoms with Gasteiger partial charge in [0.15, 0.2) is 5.37 Å². The lowest BCUT2D eigenvalue weighted by atomic mass is 9.82. The van der Waals surface area contributed by atoms with Gasteiger partial charge in [0.2, 0.25) is 9.84 Å². The first-order chi connectivity index (χ1) is 11.1. The summed E-state index contributed by atoms with van der Waals surface area (Å²) in [5, 5.41) is 9.79. The lowest BCUT2D eigenvalue weighted by Gasteiger charge is -2.28. The van der Waals surface area contributed by atoms with Gasteiger partial charge in [0.25, 0.3) is 5.69 Å². The van der Waals surface area contributed by atoms with E-state index in [2.05, 4.69) is 20.9 Å². The zero-order valence-corrected chi connectivity index (χ0v) is 15.5. The quantitative estimate of drug-likeness (QED) is 0.559. The van der Waals surface area contributed by atoms with E-state index in [1.54, 1.807) is 0 Å². The van der Waals surface area contributed by atoms with Crippen molar-refractivity contribution in [3.8, 4) is 0 Å². The number of halogens is 1. The van der Waals surface area contributed by atoms with Crippen molar-refractivity contribution < 1.29 is 13.3 Å². The maximum atomic E-state index is 13.0. The number of allylic oxidation sites excluding steroid dienone is 3. The fraction of sp³-hybridized carbons (Fsp3) is 0.312. The molecule has 3 rings (SSSR count). The van der Waals surface area contributed by atoms with Crippen molar-refractivity contribution in [2.45, 2.75) is 30.5 Å². The molecule has 0 aromatic heterocycles. The minimum atomic E-state index is -3.75. The average Bonchev–Trinajstić information content (AvgIpc) is 2.79. The third-order valence-electron chi connectivity index (χ3n) is 4.34. The van der Waals surface area contributed by atoms with Crippen molar-refractivity contribution >= 4 is 37.2 Å². The van der Waals surface area contributed by atoms with E-state index in [9.17, 15) is 18.5 Å². The number of hydrogen-bond donors (Lipinski definition) is 0. The van der Waals surface area contributed by atoms with Crippen LogP contribution in [0, 0.1) is 15.5 Å². The van der Waals surface area contributed by atoms with Gasteiger partial charge in [0.05, 0.1) is 9.82 Å². The maximum absolute atomic E-state index is 13.0. The summed E-state index contributed by atoms with van der Waals surface area (Å²) >= 11 is 3.43. The average molecular weight is 411 g/mol. The Balaban J connectivity index is 2.03. The summed E-state index contributed by atoms with van der Waals surface area (Å²) in [7, 11) is -3.75. The van der Waals surface area contributed by atoms with Gasteiger partial charge in [-0.1, -0.05) is 35.9 Å². The summed E-state index contributed by atoms with van der Waals surface area (Å²) in [6, 6.07) is 4.95. The summed E-state index contributed by atoms with van der Waals surface area (Å²) in [6.45, 7) is 3.71. The third-order valence-corrected chi connectivity index (χ3v) is 7.10. The predicted molar refractivity (Wildman–Crippen MR) is 95.0 cm³/mol.